The molecule has 2 heterocycles. The third-order valence-corrected chi connectivity index (χ3v) is 8.22. The molecule has 0 aromatic heterocycles. The van der Waals surface area contributed by atoms with Gasteiger partial charge in [-0.05, 0) is 63.1 Å². The molecule has 35 heavy (non-hydrogen) atoms. The third kappa shape index (κ3) is 6.19. The Morgan fingerprint density at radius 1 is 1.06 bits per heavy atom. The van der Waals surface area contributed by atoms with Crippen molar-refractivity contribution in [2.45, 2.75) is 109 Å². The van der Waals surface area contributed by atoms with E-state index in [0.29, 0.717) is 25.3 Å². The molecule has 1 atom stereocenters. The van der Waals surface area contributed by atoms with E-state index in [0.717, 1.165) is 44.6 Å². The van der Waals surface area contributed by atoms with Gasteiger partial charge in [0.2, 0.25) is 11.8 Å². The van der Waals surface area contributed by atoms with E-state index in [-0.39, 0.29) is 24.0 Å². The van der Waals surface area contributed by atoms with Gasteiger partial charge in [0.25, 0.3) is 0 Å². The first-order chi connectivity index (χ1) is 16.9. The molecule has 1 spiro atoms. The molecule has 2 aliphatic heterocycles. The molecule has 1 N–H and O–H groups in total. The number of nitrogens with one attached hydrogen (secondary N) is 1. The van der Waals surface area contributed by atoms with Crippen LogP contribution in [0.15, 0.2) is 24.3 Å². The Balaban J connectivity index is 1.40. The quantitative estimate of drug-likeness (QED) is 0.542. The highest BCUT2D eigenvalue weighted by Crippen LogP contribution is 2.36. The predicted molar refractivity (Wildman–Crippen MR) is 139 cm³/mol. The van der Waals surface area contributed by atoms with Crippen LogP contribution in [0.2, 0.25) is 0 Å². The molecule has 2 amide bonds. The van der Waals surface area contributed by atoms with Crippen LogP contribution in [0, 0.1) is 5.92 Å². The van der Waals surface area contributed by atoms with Crippen molar-refractivity contribution in [1.29, 1.82) is 0 Å². The van der Waals surface area contributed by atoms with Gasteiger partial charge >= 0.3 is 0 Å². The number of carbonyl (C=O) groups is 2. The van der Waals surface area contributed by atoms with Gasteiger partial charge in [0.05, 0.1) is 6.10 Å². The number of nitrogens with zero attached hydrogens (tertiary/aromatic N) is 2. The number of piperidine rings is 1. The second-order valence-electron chi connectivity index (χ2n) is 11.2. The Kier molecular flexibility index (Phi) is 8.74. The first-order valence-corrected chi connectivity index (χ1v) is 14.0. The maximum Gasteiger partial charge on any atom is 0.246 e. The molecule has 1 saturated carbocycles. The fraction of sp³-hybridized carbons (Fsp3) is 0.724. The summed E-state index contributed by atoms with van der Waals surface area (Å²) in [7, 11) is 0. The van der Waals surface area contributed by atoms with Gasteiger partial charge in [0.15, 0.2) is 0 Å². The van der Waals surface area contributed by atoms with E-state index >= 15 is 0 Å². The average Bonchev–Trinajstić information content (AvgIpc) is 2.85. The molecule has 3 aliphatic rings. The fourth-order valence-electron chi connectivity index (χ4n) is 6.21. The van der Waals surface area contributed by atoms with E-state index in [9.17, 15) is 9.59 Å². The van der Waals surface area contributed by atoms with Gasteiger partial charge in [-0.3, -0.25) is 14.5 Å². The molecule has 6 nitrogen and oxygen atoms in total. The normalized spacial score (nSPS) is 23.7. The maximum atomic E-state index is 13.7. The van der Waals surface area contributed by atoms with Crippen LogP contribution in [0.3, 0.4) is 0 Å². The second kappa shape index (κ2) is 11.8. The summed E-state index contributed by atoms with van der Waals surface area (Å²) >= 11 is 0. The number of piperazine rings is 1. The lowest BCUT2D eigenvalue weighted by atomic mass is 9.79. The molecular weight excluding hydrogens is 438 g/mol. The second-order valence-corrected chi connectivity index (χ2v) is 11.2. The molecule has 0 radical (unpaired) electrons. The van der Waals surface area contributed by atoms with Gasteiger partial charge in [-0.15, -0.1) is 0 Å². The largest absolute Gasteiger partial charge is 0.491 e. The van der Waals surface area contributed by atoms with Crippen molar-refractivity contribution in [3.05, 3.63) is 29.8 Å². The van der Waals surface area contributed by atoms with Gasteiger partial charge in [-0.1, -0.05) is 57.6 Å². The van der Waals surface area contributed by atoms with Crippen LogP contribution >= 0.6 is 0 Å². The van der Waals surface area contributed by atoms with Crippen LogP contribution in [0.4, 0.5) is 0 Å². The minimum atomic E-state index is -0.680. The lowest BCUT2D eigenvalue weighted by molar-refractivity contribution is -0.162. The van der Waals surface area contributed by atoms with Crippen molar-refractivity contribution in [1.82, 2.24) is 15.1 Å². The van der Waals surface area contributed by atoms with Crippen LogP contribution in [-0.2, 0) is 16.1 Å². The van der Waals surface area contributed by atoms with E-state index < -0.39 is 5.54 Å². The van der Waals surface area contributed by atoms with Crippen LogP contribution in [0.25, 0.3) is 0 Å². The zero-order chi connectivity index (χ0) is 24.8. The molecule has 0 bridgehead atoms. The monoisotopic (exact) mass is 483 g/mol. The Morgan fingerprint density at radius 3 is 2.37 bits per heavy atom. The first-order valence-electron chi connectivity index (χ1n) is 14.0. The number of carbonyl (C=O) groups excluding carboxylic acids is 2. The highest BCUT2D eigenvalue weighted by Gasteiger charge is 2.53. The Bertz CT molecular complexity index is 839. The molecule has 1 aliphatic carbocycles. The number of benzene rings is 1. The number of unbranched alkanes of at least 4 members (excludes halogenated alkanes) is 1. The first kappa shape index (κ1) is 26.0. The summed E-state index contributed by atoms with van der Waals surface area (Å²) in [6.45, 7) is 9.41. The molecule has 2 saturated heterocycles. The number of likely N-dealkylation sites (tertiary alicyclic amines) is 1. The van der Waals surface area contributed by atoms with Gasteiger partial charge in [-0.25, -0.2) is 0 Å². The molecule has 1 unspecified atom stereocenters. The number of rotatable bonds is 9. The highest BCUT2D eigenvalue weighted by molar-refractivity contribution is 6.00. The summed E-state index contributed by atoms with van der Waals surface area (Å²) in [4.78, 5) is 31.7. The van der Waals surface area contributed by atoms with Crippen molar-refractivity contribution in [3.8, 4) is 5.75 Å². The summed E-state index contributed by atoms with van der Waals surface area (Å²) in [6.07, 6.45) is 10.6. The summed E-state index contributed by atoms with van der Waals surface area (Å²) in [5.41, 5.74) is 0.567. The van der Waals surface area contributed by atoms with E-state index in [1.807, 2.05) is 30.9 Å². The number of amides is 2. The predicted octanol–water partition coefficient (Wildman–Crippen LogP) is 4.91. The van der Waals surface area contributed by atoms with E-state index in [2.05, 4.69) is 29.3 Å². The fourth-order valence-corrected chi connectivity index (χ4v) is 6.21. The standard InChI is InChI=1S/C29H45N3O3/c1-4-5-17-32-27(33)26(20-23-9-7-6-8-10-23)30-28(34)29(32)15-18-31(19-16-29)21-24-11-13-25(14-12-24)35-22(2)3/h11-14,22-23,26H,4-10,15-21H2,1-3H3,(H,30,34). The van der Waals surface area contributed by atoms with Crippen LogP contribution in [0.1, 0.15) is 90.5 Å². The number of ether oxygens (including phenoxy) is 1. The molecule has 4 rings (SSSR count). The Labute approximate surface area is 211 Å². The van der Waals surface area contributed by atoms with Gasteiger partial charge in [0, 0.05) is 26.2 Å². The van der Waals surface area contributed by atoms with Crippen molar-refractivity contribution in [2.75, 3.05) is 19.6 Å². The summed E-state index contributed by atoms with van der Waals surface area (Å²) in [6, 6.07) is 7.99. The van der Waals surface area contributed by atoms with E-state index in [1.165, 1.54) is 37.7 Å². The van der Waals surface area contributed by atoms with Crippen molar-refractivity contribution in [2.24, 2.45) is 5.92 Å². The van der Waals surface area contributed by atoms with Crippen LogP contribution in [-0.4, -0.2) is 58.9 Å². The minimum Gasteiger partial charge on any atom is -0.491 e. The molecule has 3 fully saturated rings. The van der Waals surface area contributed by atoms with E-state index in [4.69, 9.17) is 4.74 Å². The summed E-state index contributed by atoms with van der Waals surface area (Å²) < 4.78 is 5.76. The summed E-state index contributed by atoms with van der Waals surface area (Å²) in [5.74, 6) is 1.72. The highest BCUT2D eigenvalue weighted by atomic mass is 16.5. The molecule has 1 aromatic rings. The SMILES string of the molecule is CCCCN1C(=O)C(CC2CCCCC2)NC(=O)C12CCN(Cc1ccc(OC(C)C)cc1)CC2. The van der Waals surface area contributed by atoms with Crippen molar-refractivity contribution in [3.63, 3.8) is 0 Å². The Hall–Kier alpha value is -2.08. The van der Waals surface area contributed by atoms with Gasteiger partial charge < -0.3 is 15.0 Å². The minimum absolute atomic E-state index is 0.0869. The lowest BCUT2D eigenvalue weighted by Crippen LogP contribution is -2.73. The van der Waals surface area contributed by atoms with Gasteiger partial charge in [0.1, 0.15) is 17.3 Å². The van der Waals surface area contributed by atoms with Crippen molar-refractivity contribution >= 4 is 11.8 Å². The Morgan fingerprint density at radius 2 is 1.74 bits per heavy atom. The maximum absolute atomic E-state index is 13.7. The molecule has 6 heteroatoms. The smallest absolute Gasteiger partial charge is 0.246 e. The average molecular weight is 484 g/mol. The third-order valence-electron chi connectivity index (χ3n) is 8.22. The summed E-state index contributed by atoms with van der Waals surface area (Å²) in [5, 5.41) is 3.20. The zero-order valence-electron chi connectivity index (χ0n) is 22.1. The molecule has 1 aromatic carbocycles. The molecular formula is C29H45N3O3. The lowest BCUT2D eigenvalue weighted by Gasteiger charge is -2.52. The van der Waals surface area contributed by atoms with Crippen molar-refractivity contribution < 1.29 is 14.3 Å². The number of hydrogen-bond acceptors (Lipinski definition) is 4. The van der Waals surface area contributed by atoms with Gasteiger partial charge in [-0.2, -0.15) is 0 Å². The zero-order valence-corrected chi connectivity index (χ0v) is 22.1. The number of hydrogen-bond donors (Lipinski definition) is 1. The topological polar surface area (TPSA) is 61.9 Å². The van der Waals surface area contributed by atoms with Crippen LogP contribution < -0.4 is 10.1 Å². The molecule has 194 valence electrons. The van der Waals surface area contributed by atoms with E-state index in [1.54, 1.807) is 0 Å². The van der Waals surface area contributed by atoms with Crippen LogP contribution in [0.5, 0.6) is 5.75 Å².